The van der Waals surface area contributed by atoms with Gasteiger partial charge in [0, 0.05) is 23.3 Å². The van der Waals surface area contributed by atoms with Crippen molar-refractivity contribution in [1.82, 2.24) is 0 Å². The third-order valence-electron chi connectivity index (χ3n) is 3.23. The molecule has 0 saturated heterocycles. The van der Waals surface area contributed by atoms with E-state index >= 15 is 0 Å². The lowest BCUT2D eigenvalue weighted by Crippen LogP contribution is -1.98. The Morgan fingerprint density at radius 2 is 1.59 bits per heavy atom. The maximum Gasteiger partial charge on any atom is 0.269 e. The smallest absolute Gasteiger partial charge is 0.269 e. The van der Waals surface area contributed by atoms with Crippen LogP contribution >= 0.6 is 0 Å². The summed E-state index contributed by atoms with van der Waals surface area (Å²) in [6, 6.07) is 18.1. The molecule has 3 aromatic rings. The third kappa shape index (κ3) is 2.64. The average Bonchev–Trinajstić information content (AvgIpc) is 3.05. The number of nitro benzene ring substituents is 1. The number of ketones is 1. The second-order valence-corrected chi connectivity index (χ2v) is 4.66. The van der Waals surface area contributed by atoms with E-state index in [0.29, 0.717) is 16.9 Å². The van der Waals surface area contributed by atoms with E-state index in [1.807, 2.05) is 6.07 Å². The van der Waals surface area contributed by atoms with Gasteiger partial charge in [-0.1, -0.05) is 30.3 Å². The summed E-state index contributed by atoms with van der Waals surface area (Å²) in [7, 11) is 0. The highest BCUT2D eigenvalue weighted by molar-refractivity contribution is 6.07. The Balaban J connectivity index is 1.87. The molecule has 0 N–H and O–H groups in total. The van der Waals surface area contributed by atoms with Gasteiger partial charge in [-0.25, -0.2) is 0 Å². The molecule has 0 aliphatic rings. The van der Waals surface area contributed by atoms with E-state index in [2.05, 4.69) is 0 Å². The van der Waals surface area contributed by atoms with E-state index in [-0.39, 0.29) is 17.2 Å². The van der Waals surface area contributed by atoms with Gasteiger partial charge in [0.1, 0.15) is 5.76 Å². The van der Waals surface area contributed by atoms with Gasteiger partial charge in [0.25, 0.3) is 5.69 Å². The number of carbonyl (C=O) groups excluding carboxylic acids is 1. The van der Waals surface area contributed by atoms with E-state index < -0.39 is 4.92 Å². The zero-order valence-electron chi connectivity index (χ0n) is 11.4. The molecule has 2 aromatic carbocycles. The first-order valence-corrected chi connectivity index (χ1v) is 6.59. The number of carbonyl (C=O) groups is 1. The molecule has 108 valence electrons. The number of benzene rings is 2. The van der Waals surface area contributed by atoms with Crippen molar-refractivity contribution in [2.24, 2.45) is 0 Å². The fraction of sp³-hybridized carbons (Fsp3) is 0. The highest BCUT2D eigenvalue weighted by Gasteiger charge is 2.14. The Morgan fingerprint density at radius 3 is 2.23 bits per heavy atom. The Hall–Kier alpha value is -3.21. The molecular weight excluding hydrogens is 282 g/mol. The zero-order chi connectivity index (χ0) is 15.5. The molecule has 22 heavy (non-hydrogen) atoms. The van der Waals surface area contributed by atoms with Crippen molar-refractivity contribution in [2.45, 2.75) is 0 Å². The van der Waals surface area contributed by atoms with Crippen molar-refractivity contribution in [2.75, 3.05) is 0 Å². The summed E-state index contributed by atoms with van der Waals surface area (Å²) in [6.45, 7) is 0. The topological polar surface area (TPSA) is 73.3 Å². The third-order valence-corrected chi connectivity index (χ3v) is 3.23. The number of nitrogens with zero attached hydrogens (tertiary/aromatic N) is 1. The molecule has 3 rings (SSSR count). The summed E-state index contributed by atoms with van der Waals surface area (Å²) in [5.41, 5.74) is 1.24. The lowest BCUT2D eigenvalue weighted by Gasteiger charge is -1.98. The molecule has 1 aromatic heterocycles. The van der Waals surface area contributed by atoms with Gasteiger partial charge in [0.05, 0.1) is 4.92 Å². The predicted molar refractivity (Wildman–Crippen MR) is 80.7 cm³/mol. The number of nitro groups is 1. The molecule has 5 nitrogen and oxygen atoms in total. The lowest BCUT2D eigenvalue weighted by molar-refractivity contribution is -0.384. The molecule has 0 atom stereocenters. The van der Waals surface area contributed by atoms with Gasteiger partial charge < -0.3 is 4.42 Å². The van der Waals surface area contributed by atoms with Gasteiger partial charge in [-0.2, -0.15) is 0 Å². The van der Waals surface area contributed by atoms with Gasteiger partial charge in [-0.05, 0) is 24.3 Å². The Kier molecular flexibility index (Phi) is 3.53. The Labute approximate surface area is 126 Å². The van der Waals surface area contributed by atoms with Gasteiger partial charge >= 0.3 is 0 Å². The van der Waals surface area contributed by atoms with Crippen LogP contribution in [-0.4, -0.2) is 10.7 Å². The van der Waals surface area contributed by atoms with Gasteiger partial charge in [-0.3, -0.25) is 14.9 Å². The summed E-state index contributed by atoms with van der Waals surface area (Å²) < 4.78 is 5.57. The second kappa shape index (κ2) is 5.65. The van der Waals surface area contributed by atoms with E-state index in [9.17, 15) is 14.9 Å². The monoisotopic (exact) mass is 293 g/mol. The standard InChI is InChI=1S/C17H11NO4/c19-17(13-4-2-1-3-5-13)16-11-10-15(22-16)12-6-8-14(9-7-12)18(20)21/h1-11H. The Morgan fingerprint density at radius 1 is 0.909 bits per heavy atom. The van der Waals surface area contributed by atoms with Crippen LogP contribution in [0.1, 0.15) is 16.1 Å². The van der Waals surface area contributed by atoms with Crippen LogP contribution in [-0.2, 0) is 0 Å². The normalized spacial score (nSPS) is 10.4. The largest absolute Gasteiger partial charge is 0.453 e. The fourth-order valence-corrected chi connectivity index (χ4v) is 2.09. The van der Waals surface area contributed by atoms with Crippen LogP contribution in [0.15, 0.2) is 71.1 Å². The minimum absolute atomic E-state index is 0.0101. The van der Waals surface area contributed by atoms with Crippen LogP contribution in [0.25, 0.3) is 11.3 Å². The first-order chi connectivity index (χ1) is 10.6. The van der Waals surface area contributed by atoms with Crippen molar-refractivity contribution in [1.29, 1.82) is 0 Å². The molecule has 0 amide bonds. The van der Waals surface area contributed by atoms with Crippen molar-refractivity contribution in [3.63, 3.8) is 0 Å². The van der Waals surface area contributed by atoms with Gasteiger partial charge in [-0.15, -0.1) is 0 Å². The van der Waals surface area contributed by atoms with Crippen LogP contribution < -0.4 is 0 Å². The molecule has 0 bridgehead atoms. The molecule has 0 saturated carbocycles. The number of non-ortho nitro benzene ring substituents is 1. The van der Waals surface area contributed by atoms with Crippen LogP contribution in [0.4, 0.5) is 5.69 Å². The van der Waals surface area contributed by atoms with E-state index in [1.165, 1.54) is 12.1 Å². The van der Waals surface area contributed by atoms with Crippen LogP contribution in [0, 0.1) is 10.1 Å². The SMILES string of the molecule is O=C(c1ccccc1)c1ccc(-c2ccc([N+](=O)[O-])cc2)o1. The first-order valence-electron chi connectivity index (χ1n) is 6.59. The maximum absolute atomic E-state index is 12.3. The molecule has 0 spiro atoms. The van der Waals surface area contributed by atoms with E-state index in [0.717, 1.165) is 0 Å². The highest BCUT2D eigenvalue weighted by atomic mass is 16.6. The summed E-state index contributed by atoms with van der Waals surface area (Å²) in [4.78, 5) is 22.4. The van der Waals surface area contributed by atoms with Crippen LogP contribution in [0.3, 0.4) is 0 Å². The molecule has 0 fully saturated rings. The highest BCUT2D eigenvalue weighted by Crippen LogP contribution is 2.25. The second-order valence-electron chi connectivity index (χ2n) is 4.66. The summed E-state index contributed by atoms with van der Waals surface area (Å²) in [6.07, 6.45) is 0. The number of hydrogen-bond donors (Lipinski definition) is 0. The van der Waals surface area contributed by atoms with Crippen molar-refractivity contribution in [3.05, 3.63) is 88.2 Å². The predicted octanol–water partition coefficient (Wildman–Crippen LogP) is 4.09. The quantitative estimate of drug-likeness (QED) is 0.412. The van der Waals surface area contributed by atoms with E-state index in [1.54, 1.807) is 48.5 Å². The van der Waals surface area contributed by atoms with Crippen molar-refractivity contribution >= 4 is 11.5 Å². The molecule has 0 radical (unpaired) electrons. The summed E-state index contributed by atoms with van der Waals surface area (Å²) in [5.74, 6) is 0.530. The lowest BCUT2D eigenvalue weighted by atomic mass is 10.1. The van der Waals surface area contributed by atoms with E-state index in [4.69, 9.17) is 4.42 Å². The van der Waals surface area contributed by atoms with Gasteiger partial charge in [0.2, 0.25) is 5.78 Å². The average molecular weight is 293 g/mol. The minimum Gasteiger partial charge on any atom is -0.453 e. The fourth-order valence-electron chi connectivity index (χ4n) is 2.09. The first kappa shape index (κ1) is 13.8. The molecule has 1 heterocycles. The minimum atomic E-state index is -0.462. The number of hydrogen-bond acceptors (Lipinski definition) is 4. The number of rotatable bonds is 4. The molecule has 0 unspecified atom stereocenters. The van der Waals surface area contributed by atoms with Crippen molar-refractivity contribution < 1.29 is 14.1 Å². The molecule has 0 aliphatic carbocycles. The van der Waals surface area contributed by atoms with Crippen LogP contribution in [0.2, 0.25) is 0 Å². The maximum atomic E-state index is 12.3. The summed E-state index contributed by atoms with van der Waals surface area (Å²) >= 11 is 0. The number of furan rings is 1. The van der Waals surface area contributed by atoms with Gasteiger partial charge in [0.15, 0.2) is 5.76 Å². The van der Waals surface area contributed by atoms with Crippen LogP contribution in [0.5, 0.6) is 0 Å². The molecule has 5 heteroatoms. The zero-order valence-corrected chi connectivity index (χ0v) is 11.4. The molecular formula is C17H11NO4. The Bertz CT molecular complexity index is 819. The molecule has 0 aliphatic heterocycles. The summed E-state index contributed by atoms with van der Waals surface area (Å²) in [5, 5.41) is 10.6. The van der Waals surface area contributed by atoms with Crippen molar-refractivity contribution in [3.8, 4) is 11.3 Å².